The Kier molecular flexibility index (Phi) is 1.97. The summed E-state index contributed by atoms with van der Waals surface area (Å²) in [6, 6.07) is 4.96. The van der Waals surface area contributed by atoms with Crippen LogP contribution in [0.4, 0.5) is 0 Å². The lowest BCUT2D eigenvalue weighted by molar-refractivity contribution is 0.468. The number of pyridine rings is 1. The van der Waals surface area contributed by atoms with Crippen LogP contribution in [0.15, 0.2) is 23.0 Å². The van der Waals surface area contributed by atoms with Crippen LogP contribution in [-0.4, -0.2) is 10.1 Å². The van der Waals surface area contributed by atoms with Gasteiger partial charge in [0.15, 0.2) is 5.75 Å². The summed E-state index contributed by atoms with van der Waals surface area (Å²) in [5, 5.41) is 10.4. The highest BCUT2D eigenvalue weighted by molar-refractivity contribution is 6.36. The molecule has 14 heavy (non-hydrogen) atoms. The van der Waals surface area contributed by atoms with Crippen molar-refractivity contribution >= 4 is 22.5 Å². The number of aromatic hydroxyl groups is 1. The Bertz CT molecular complexity index is 560. The van der Waals surface area contributed by atoms with Crippen LogP contribution in [0.25, 0.3) is 10.9 Å². The average molecular weight is 210 g/mol. The van der Waals surface area contributed by atoms with Crippen LogP contribution in [-0.2, 0) is 0 Å². The summed E-state index contributed by atoms with van der Waals surface area (Å²) in [6.45, 7) is 1.87. The van der Waals surface area contributed by atoms with E-state index in [-0.39, 0.29) is 5.75 Å². The van der Waals surface area contributed by atoms with E-state index < -0.39 is 5.56 Å². The van der Waals surface area contributed by atoms with E-state index in [9.17, 15) is 9.90 Å². The minimum atomic E-state index is -0.502. The molecule has 4 heteroatoms. The number of aromatic nitrogens is 1. The molecule has 72 valence electrons. The highest BCUT2D eigenvalue weighted by Crippen LogP contribution is 2.26. The molecule has 0 radical (unpaired) electrons. The second-order valence-corrected chi connectivity index (χ2v) is 3.52. The minimum Gasteiger partial charge on any atom is -0.503 e. The van der Waals surface area contributed by atoms with Crippen LogP contribution in [0.2, 0.25) is 5.02 Å². The van der Waals surface area contributed by atoms with Gasteiger partial charge in [0, 0.05) is 5.39 Å². The standard InChI is InChI=1S/C10H8ClNO2/c1-5-2-3-7-6(9(5)11)4-8(13)10(14)12-7/h2-4,13H,1H3,(H,12,14). The van der Waals surface area contributed by atoms with Crippen molar-refractivity contribution in [3.8, 4) is 5.75 Å². The molecule has 0 aliphatic rings. The van der Waals surface area contributed by atoms with Crippen molar-refractivity contribution in [2.45, 2.75) is 6.92 Å². The molecule has 0 bridgehead atoms. The van der Waals surface area contributed by atoms with Crippen LogP contribution in [0, 0.1) is 6.92 Å². The van der Waals surface area contributed by atoms with Crippen molar-refractivity contribution in [1.29, 1.82) is 0 Å². The van der Waals surface area contributed by atoms with Gasteiger partial charge < -0.3 is 10.1 Å². The number of hydrogen-bond donors (Lipinski definition) is 2. The molecule has 3 nitrogen and oxygen atoms in total. The van der Waals surface area contributed by atoms with Crippen molar-refractivity contribution in [3.63, 3.8) is 0 Å². The van der Waals surface area contributed by atoms with E-state index in [1.165, 1.54) is 6.07 Å². The van der Waals surface area contributed by atoms with Crippen molar-refractivity contribution < 1.29 is 5.11 Å². The number of aryl methyl sites for hydroxylation is 1. The fourth-order valence-electron chi connectivity index (χ4n) is 1.34. The second-order valence-electron chi connectivity index (χ2n) is 3.14. The summed E-state index contributed by atoms with van der Waals surface area (Å²) in [6.07, 6.45) is 0. The van der Waals surface area contributed by atoms with Crippen LogP contribution in [0.1, 0.15) is 5.56 Å². The van der Waals surface area contributed by atoms with Crippen LogP contribution < -0.4 is 5.56 Å². The number of fused-ring (bicyclic) bond motifs is 1. The Morgan fingerprint density at radius 3 is 2.86 bits per heavy atom. The van der Waals surface area contributed by atoms with Gasteiger partial charge in [0.2, 0.25) is 0 Å². The smallest absolute Gasteiger partial charge is 0.290 e. The fourth-order valence-corrected chi connectivity index (χ4v) is 1.56. The van der Waals surface area contributed by atoms with Crippen molar-refractivity contribution in [2.75, 3.05) is 0 Å². The molecule has 0 aliphatic heterocycles. The van der Waals surface area contributed by atoms with Crippen molar-refractivity contribution in [1.82, 2.24) is 4.98 Å². The third-order valence-electron chi connectivity index (χ3n) is 2.13. The van der Waals surface area contributed by atoms with E-state index in [0.717, 1.165) is 5.56 Å². The first-order valence-electron chi connectivity index (χ1n) is 4.10. The Labute approximate surface area is 85.0 Å². The summed E-state index contributed by atoms with van der Waals surface area (Å²) >= 11 is 6.02. The maximum absolute atomic E-state index is 11.1. The molecule has 1 heterocycles. The normalized spacial score (nSPS) is 10.7. The molecule has 2 rings (SSSR count). The van der Waals surface area contributed by atoms with Gasteiger partial charge in [0.1, 0.15) is 0 Å². The van der Waals surface area contributed by atoms with Gasteiger partial charge in [-0.05, 0) is 24.6 Å². The van der Waals surface area contributed by atoms with Gasteiger partial charge >= 0.3 is 0 Å². The maximum Gasteiger partial charge on any atom is 0.290 e. The second kappa shape index (κ2) is 3.03. The molecule has 0 saturated heterocycles. The van der Waals surface area contributed by atoms with E-state index in [1.54, 1.807) is 6.07 Å². The molecule has 2 aromatic rings. The monoisotopic (exact) mass is 209 g/mol. The van der Waals surface area contributed by atoms with E-state index in [2.05, 4.69) is 4.98 Å². The van der Waals surface area contributed by atoms with Crippen molar-refractivity contribution in [3.05, 3.63) is 39.1 Å². The lowest BCUT2D eigenvalue weighted by atomic mass is 10.1. The predicted molar refractivity (Wildman–Crippen MR) is 56.0 cm³/mol. The van der Waals surface area contributed by atoms with Gasteiger partial charge in [-0.15, -0.1) is 0 Å². The zero-order valence-electron chi connectivity index (χ0n) is 7.47. The molecular formula is C10H8ClNO2. The molecule has 0 unspecified atom stereocenters. The summed E-state index contributed by atoms with van der Waals surface area (Å²) in [5.74, 6) is -0.315. The predicted octanol–water partition coefficient (Wildman–Crippen LogP) is 2.20. The van der Waals surface area contributed by atoms with Gasteiger partial charge in [0.05, 0.1) is 10.5 Å². The third kappa shape index (κ3) is 1.26. The first kappa shape index (κ1) is 9.09. The molecule has 2 N–H and O–H groups in total. The zero-order valence-corrected chi connectivity index (χ0v) is 8.22. The fraction of sp³-hybridized carbons (Fsp3) is 0.100. The Morgan fingerprint density at radius 2 is 2.14 bits per heavy atom. The van der Waals surface area contributed by atoms with E-state index in [0.29, 0.717) is 15.9 Å². The third-order valence-corrected chi connectivity index (χ3v) is 2.64. The van der Waals surface area contributed by atoms with E-state index in [4.69, 9.17) is 11.6 Å². The summed E-state index contributed by atoms with van der Waals surface area (Å²) < 4.78 is 0. The number of hydrogen-bond acceptors (Lipinski definition) is 2. The number of aromatic amines is 1. The van der Waals surface area contributed by atoms with Gasteiger partial charge in [-0.3, -0.25) is 4.79 Å². The maximum atomic E-state index is 11.1. The first-order chi connectivity index (χ1) is 6.59. The topological polar surface area (TPSA) is 53.1 Å². The molecule has 0 saturated carbocycles. The van der Waals surface area contributed by atoms with E-state index in [1.807, 2.05) is 13.0 Å². The molecule has 0 atom stereocenters. The van der Waals surface area contributed by atoms with Gasteiger partial charge in [-0.25, -0.2) is 0 Å². The van der Waals surface area contributed by atoms with Crippen molar-refractivity contribution in [2.24, 2.45) is 0 Å². The Morgan fingerprint density at radius 1 is 1.43 bits per heavy atom. The minimum absolute atomic E-state index is 0.315. The number of rotatable bonds is 0. The molecule has 0 aliphatic carbocycles. The molecule has 0 spiro atoms. The number of benzene rings is 1. The van der Waals surface area contributed by atoms with Gasteiger partial charge in [0.25, 0.3) is 5.56 Å². The molecule has 0 amide bonds. The lowest BCUT2D eigenvalue weighted by Gasteiger charge is -2.03. The number of halogens is 1. The highest BCUT2D eigenvalue weighted by atomic mass is 35.5. The van der Waals surface area contributed by atoms with E-state index >= 15 is 0 Å². The van der Waals surface area contributed by atoms with Gasteiger partial charge in [-0.2, -0.15) is 0 Å². The SMILES string of the molecule is Cc1ccc2[nH]c(=O)c(O)cc2c1Cl. The molecular weight excluding hydrogens is 202 g/mol. The highest BCUT2D eigenvalue weighted by Gasteiger charge is 2.05. The number of nitrogens with one attached hydrogen (secondary N) is 1. The van der Waals surface area contributed by atoms with Gasteiger partial charge in [-0.1, -0.05) is 17.7 Å². The Hall–Kier alpha value is -1.48. The van der Waals surface area contributed by atoms with Crippen LogP contribution >= 0.6 is 11.6 Å². The largest absolute Gasteiger partial charge is 0.503 e. The van der Waals surface area contributed by atoms with Crippen LogP contribution in [0.3, 0.4) is 0 Å². The van der Waals surface area contributed by atoms with Crippen LogP contribution in [0.5, 0.6) is 5.75 Å². The molecule has 1 aromatic carbocycles. The zero-order chi connectivity index (χ0) is 10.3. The average Bonchev–Trinajstić information content (AvgIpc) is 2.15. The Balaban J connectivity index is 2.97. The molecule has 1 aromatic heterocycles. The summed E-state index contributed by atoms with van der Waals surface area (Å²) in [4.78, 5) is 13.6. The first-order valence-corrected chi connectivity index (χ1v) is 4.48. The molecule has 0 fully saturated rings. The lowest BCUT2D eigenvalue weighted by Crippen LogP contribution is -2.04. The summed E-state index contributed by atoms with van der Waals surface area (Å²) in [7, 11) is 0. The summed E-state index contributed by atoms with van der Waals surface area (Å²) in [5.41, 5.74) is 1.03. The number of H-pyrrole nitrogens is 1. The quantitative estimate of drug-likeness (QED) is 0.699.